The molecule has 1 saturated heterocycles. The van der Waals surface area contributed by atoms with E-state index in [4.69, 9.17) is 20.7 Å². The SMILES string of the molecule is NC(=O)C[C@@H]1OC[C@@H](O)[C@H]1O. The van der Waals surface area contributed by atoms with Gasteiger partial charge >= 0.3 is 0 Å². The molecule has 1 heterocycles. The van der Waals surface area contributed by atoms with E-state index in [0.717, 1.165) is 0 Å². The highest BCUT2D eigenvalue weighted by atomic mass is 16.5. The molecule has 5 nitrogen and oxygen atoms in total. The van der Waals surface area contributed by atoms with Crippen LogP contribution < -0.4 is 5.73 Å². The van der Waals surface area contributed by atoms with Gasteiger partial charge in [0.2, 0.25) is 5.91 Å². The Balaban J connectivity index is 2.42. The maximum atomic E-state index is 10.4. The Morgan fingerprint density at radius 1 is 1.64 bits per heavy atom. The highest BCUT2D eigenvalue weighted by Gasteiger charge is 2.35. The van der Waals surface area contributed by atoms with Crippen LogP contribution in [0.25, 0.3) is 0 Å². The van der Waals surface area contributed by atoms with Crippen LogP contribution in [-0.4, -0.2) is 41.0 Å². The molecule has 1 amide bonds. The second-order valence-corrected chi connectivity index (χ2v) is 2.60. The maximum Gasteiger partial charge on any atom is 0.220 e. The molecule has 0 radical (unpaired) electrons. The third kappa shape index (κ3) is 1.89. The van der Waals surface area contributed by atoms with Gasteiger partial charge < -0.3 is 20.7 Å². The van der Waals surface area contributed by atoms with Crippen LogP contribution in [-0.2, 0) is 9.53 Å². The average molecular weight is 161 g/mol. The summed E-state index contributed by atoms with van der Waals surface area (Å²) in [6, 6.07) is 0. The fraction of sp³-hybridized carbons (Fsp3) is 0.833. The third-order valence-corrected chi connectivity index (χ3v) is 1.66. The van der Waals surface area contributed by atoms with E-state index in [0.29, 0.717) is 0 Å². The lowest BCUT2D eigenvalue weighted by atomic mass is 10.1. The van der Waals surface area contributed by atoms with Gasteiger partial charge in [-0.05, 0) is 0 Å². The number of amides is 1. The molecule has 0 bridgehead atoms. The van der Waals surface area contributed by atoms with Crippen LogP contribution in [0.5, 0.6) is 0 Å². The Morgan fingerprint density at radius 3 is 2.64 bits per heavy atom. The summed E-state index contributed by atoms with van der Waals surface area (Å²) in [6.07, 6.45) is -2.55. The minimum absolute atomic E-state index is 0.0434. The van der Waals surface area contributed by atoms with Gasteiger partial charge in [0.1, 0.15) is 12.2 Å². The lowest BCUT2D eigenvalue weighted by molar-refractivity contribution is -0.121. The summed E-state index contributed by atoms with van der Waals surface area (Å²) in [5, 5.41) is 18.1. The zero-order chi connectivity index (χ0) is 8.43. The van der Waals surface area contributed by atoms with Gasteiger partial charge in [-0.3, -0.25) is 4.79 Å². The summed E-state index contributed by atoms with van der Waals surface area (Å²) in [6.45, 7) is 0.0686. The Morgan fingerprint density at radius 2 is 2.27 bits per heavy atom. The van der Waals surface area contributed by atoms with E-state index < -0.39 is 24.2 Å². The molecular weight excluding hydrogens is 150 g/mol. The van der Waals surface area contributed by atoms with Crippen molar-refractivity contribution in [3.63, 3.8) is 0 Å². The Bertz CT molecular complexity index is 161. The molecule has 1 aliphatic heterocycles. The number of ether oxygens (including phenoxy) is 1. The first-order valence-electron chi connectivity index (χ1n) is 3.37. The van der Waals surface area contributed by atoms with Crippen LogP contribution in [0.4, 0.5) is 0 Å². The highest BCUT2D eigenvalue weighted by molar-refractivity contribution is 5.74. The van der Waals surface area contributed by atoms with Gasteiger partial charge in [-0.1, -0.05) is 0 Å². The molecule has 64 valence electrons. The smallest absolute Gasteiger partial charge is 0.220 e. The summed E-state index contributed by atoms with van der Waals surface area (Å²) in [5.41, 5.74) is 4.87. The van der Waals surface area contributed by atoms with Crippen molar-refractivity contribution in [2.75, 3.05) is 6.61 Å². The molecule has 0 aliphatic carbocycles. The van der Waals surface area contributed by atoms with Gasteiger partial charge in [0, 0.05) is 0 Å². The molecule has 0 saturated carbocycles. The normalized spacial score (nSPS) is 37.5. The lowest BCUT2D eigenvalue weighted by Crippen LogP contribution is -2.33. The first-order chi connectivity index (χ1) is 5.11. The number of carbonyl (C=O) groups excluding carboxylic acids is 1. The van der Waals surface area contributed by atoms with Gasteiger partial charge in [-0.25, -0.2) is 0 Å². The van der Waals surface area contributed by atoms with Crippen molar-refractivity contribution in [2.24, 2.45) is 5.73 Å². The Kier molecular flexibility index (Phi) is 2.43. The summed E-state index contributed by atoms with van der Waals surface area (Å²) < 4.78 is 4.89. The van der Waals surface area contributed by atoms with Crippen molar-refractivity contribution in [2.45, 2.75) is 24.7 Å². The second-order valence-electron chi connectivity index (χ2n) is 2.60. The van der Waals surface area contributed by atoms with E-state index in [9.17, 15) is 4.79 Å². The molecule has 11 heavy (non-hydrogen) atoms. The van der Waals surface area contributed by atoms with E-state index in [2.05, 4.69) is 0 Å². The van der Waals surface area contributed by atoms with Gasteiger partial charge in [0.25, 0.3) is 0 Å². The molecule has 0 unspecified atom stereocenters. The minimum Gasteiger partial charge on any atom is -0.388 e. The van der Waals surface area contributed by atoms with E-state index in [1.165, 1.54) is 0 Å². The van der Waals surface area contributed by atoms with Crippen LogP contribution in [0.3, 0.4) is 0 Å². The predicted molar refractivity (Wildman–Crippen MR) is 35.6 cm³/mol. The molecule has 3 atom stereocenters. The number of nitrogens with two attached hydrogens (primary N) is 1. The molecule has 1 rings (SSSR count). The van der Waals surface area contributed by atoms with Gasteiger partial charge in [-0.15, -0.1) is 0 Å². The van der Waals surface area contributed by atoms with Crippen LogP contribution in [0.2, 0.25) is 0 Å². The Labute approximate surface area is 63.8 Å². The van der Waals surface area contributed by atoms with Crippen molar-refractivity contribution >= 4 is 5.91 Å². The van der Waals surface area contributed by atoms with Crippen LogP contribution in [0, 0.1) is 0 Å². The number of hydrogen-bond donors (Lipinski definition) is 3. The lowest BCUT2D eigenvalue weighted by Gasteiger charge is -2.11. The first-order valence-corrected chi connectivity index (χ1v) is 3.37. The molecule has 5 heteroatoms. The number of rotatable bonds is 2. The number of carbonyl (C=O) groups is 1. The summed E-state index contributed by atoms with van der Waals surface area (Å²) >= 11 is 0. The van der Waals surface area contributed by atoms with E-state index in [1.54, 1.807) is 0 Å². The van der Waals surface area contributed by atoms with Crippen molar-refractivity contribution in [3.8, 4) is 0 Å². The van der Waals surface area contributed by atoms with Crippen molar-refractivity contribution in [3.05, 3.63) is 0 Å². The van der Waals surface area contributed by atoms with Crippen molar-refractivity contribution in [1.29, 1.82) is 0 Å². The summed E-state index contributed by atoms with van der Waals surface area (Å²) in [4.78, 5) is 10.4. The first kappa shape index (κ1) is 8.45. The van der Waals surface area contributed by atoms with Crippen molar-refractivity contribution < 1.29 is 19.7 Å². The second kappa shape index (κ2) is 3.17. The summed E-state index contributed by atoms with van der Waals surface area (Å²) in [7, 11) is 0. The molecular formula is C6H11NO4. The zero-order valence-corrected chi connectivity index (χ0v) is 5.93. The number of primary amides is 1. The van der Waals surface area contributed by atoms with E-state index >= 15 is 0 Å². The van der Waals surface area contributed by atoms with Crippen molar-refractivity contribution in [1.82, 2.24) is 0 Å². The number of aliphatic hydroxyl groups excluding tert-OH is 2. The van der Waals surface area contributed by atoms with Crippen LogP contribution >= 0.6 is 0 Å². The number of hydrogen-bond acceptors (Lipinski definition) is 4. The van der Waals surface area contributed by atoms with E-state index in [1.807, 2.05) is 0 Å². The number of aliphatic hydroxyl groups is 2. The van der Waals surface area contributed by atoms with E-state index in [-0.39, 0.29) is 13.0 Å². The quantitative estimate of drug-likeness (QED) is 0.436. The fourth-order valence-corrected chi connectivity index (χ4v) is 1.05. The molecule has 0 aromatic rings. The summed E-state index contributed by atoms with van der Waals surface area (Å²) in [5.74, 6) is -0.539. The van der Waals surface area contributed by atoms with Gasteiger partial charge in [-0.2, -0.15) is 0 Å². The van der Waals surface area contributed by atoms with Gasteiger partial charge in [0.15, 0.2) is 0 Å². The predicted octanol–water partition coefficient (Wildman–Crippen LogP) is -2.02. The molecule has 0 aromatic carbocycles. The maximum absolute atomic E-state index is 10.4. The van der Waals surface area contributed by atoms with Crippen LogP contribution in [0.15, 0.2) is 0 Å². The highest BCUT2D eigenvalue weighted by Crippen LogP contribution is 2.16. The molecule has 1 aliphatic rings. The minimum atomic E-state index is -0.984. The fourth-order valence-electron chi connectivity index (χ4n) is 1.05. The Hall–Kier alpha value is -0.650. The van der Waals surface area contributed by atoms with Gasteiger partial charge in [0.05, 0.1) is 19.1 Å². The zero-order valence-electron chi connectivity index (χ0n) is 5.93. The topological polar surface area (TPSA) is 92.8 Å². The molecule has 4 N–H and O–H groups in total. The molecule has 1 fully saturated rings. The molecule has 0 spiro atoms. The molecule has 0 aromatic heterocycles. The average Bonchev–Trinajstić information content (AvgIpc) is 2.18. The van der Waals surface area contributed by atoms with Crippen LogP contribution in [0.1, 0.15) is 6.42 Å². The third-order valence-electron chi connectivity index (χ3n) is 1.66. The monoisotopic (exact) mass is 161 g/mol. The standard InChI is InChI=1S/C6H11NO4/c7-5(9)1-4-6(10)3(8)2-11-4/h3-4,6,8,10H,1-2H2,(H2,7,9)/t3-,4+,6-/m1/s1. The largest absolute Gasteiger partial charge is 0.388 e.